The molecule has 38 heavy (non-hydrogen) atoms. The van der Waals surface area contributed by atoms with E-state index in [1.54, 1.807) is 73.3 Å². The van der Waals surface area contributed by atoms with E-state index in [4.69, 9.17) is 9.47 Å². The fourth-order valence-corrected chi connectivity index (χ4v) is 4.35. The Labute approximate surface area is 222 Å². The topological polar surface area (TPSA) is 120 Å². The first-order valence-corrected chi connectivity index (χ1v) is 12.9. The number of ether oxygens (including phenoxy) is 2. The number of rotatable bonds is 8. The lowest BCUT2D eigenvalue weighted by atomic mass is 9.99. The van der Waals surface area contributed by atoms with Gasteiger partial charge in [-0.15, -0.1) is 0 Å². The smallest absolute Gasteiger partial charge is 0.321 e. The summed E-state index contributed by atoms with van der Waals surface area (Å²) in [6.07, 6.45) is 1.31. The summed E-state index contributed by atoms with van der Waals surface area (Å²) in [5.41, 5.74) is 1.46. The molecular formula is C28H36N4O6. The number of amides is 4. The van der Waals surface area contributed by atoms with Crippen molar-refractivity contribution >= 4 is 29.2 Å². The second kappa shape index (κ2) is 11.7. The highest BCUT2D eigenvalue weighted by Crippen LogP contribution is 2.33. The van der Waals surface area contributed by atoms with Gasteiger partial charge in [0.2, 0.25) is 5.91 Å². The number of hydrogen-bond acceptors (Lipinski definition) is 6. The summed E-state index contributed by atoms with van der Waals surface area (Å²) in [5.74, 6) is 0.611. The van der Waals surface area contributed by atoms with Crippen LogP contribution >= 0.6 is 0 Å². The third-order valence-corrected chi connectivity index (χ3v) is 7.02. The Morgan fingerprint density at radius 1 is 1.16 bits per heavy atom. The van der Waals surface area contributed by atoms with Crippen LogP contribution in [0, 0.1) is 11.8 Å². The quantitative estimate of drug-likeness (QED) is 0.487. The van der Waals surface area contributed by atoms with Crippen molar-refractivity contribution in [1.82, 2.24) is 9.80 Å². The zero-order valence-corrected chi connectivity index (χ0v) is 22.3. The number of methoxy groups -OCH3 is 1. The Morgan fingerprint density at radius 2 is 1.84 bits per heavy atom. The van der Waals surface area contributed by atoms with Crippen LogP contribution in [-0.4, -0.2) is 78.8 Å². The maximum Gasteiger partial charge on any atom is 0.321 e. The van der Waals surface area contributed by atoms with Gasteiger partial charge in [-0.25, -0.2) is 4.79 Å². The third-order valence-electron chi connectivity index (χ3n) is 7.02. The van der Waals surface area contributed by atoms with Crippen molar-refractivity contribution in [3.63, 3.8) is 0 Å². The van der Waals surface area contributed by atoms with Crippen molar-refractivity contribution in [3.8, 4) is 11.5 Å². The zero-order valence-electron chi connectivity index (χ0n) is 22.3. The number of carbonyl (C=O) groups excluding carboxylic acids is 3. The summed E-state index contributed by atoms with van der Waals surface area (Å²) in [5, 5.41) is 15.6. The van der Waals surface area contributed by atoms with E-state index in [0.29, 0.717) is 35.0 Å². The number of nitrogens with zero attached hydrogens (tertiary/aromatic N) is 2. The average Bonchev–Trinajstić information content (AvgIpc) is 3.76. The number of aliphatic hydroxyl groups is 1. The molecule has 2 aliphatic rings. The molecule has 0 spiro atoms. The lowest BCUT2D eigenvalue weighted by Crippen LogP contribution is -2.50. The zero-order chi connectivity index (χ0) is 27.4. The number of benzene rings is 2. The molecule has 3 N–H and O–H groups in total. The minimum Gasteiger partial charge on any atom is -0.497 e. The second-order valence-corrected chi connectivity index (χ2v) is 10.1. The maximum atomic E-state index is 13.5. The van der Waals surface area contributed by atoms with Crippen LogP contribution in [0.2, 0.25) is 0 Å². The lowest BCUT2D eigenvalue weighted by molar-refractivity contribution is -0.117. The molecule has 204 valence electrons. The molecule has 1 saturated carbocycles. The first kappa shape index (κ1) is 27.3. The number of carbonyl (C=O) groups is 3. The Hall–Kier alpha value is -3.79. The molecular weight excluding hydrogens is 488 g/mol. The summed E-state index contributed by atoms with van der Waals surface area (Å²) in [7, 11) is 3.26. The van der Waals surface area contributed by atoms with E-state index in [9.17, 15) is 19.5 Å². The molecule has 2 aromatic carbocycles. The molecule has 10 nitrogen and oxygen atoms in total. The molecule has 0 unspecified atom stereocenters. The maximum absolute atomic E-state index is 13.5. The van der Waals surface area contributed by atoms with E-state index < -0.39 is 12.1 Å². The number of hydrogen-bond donors (Lipinski definition) is 3. The lowest BCUT2D eigenvalue weighted by Gasteiger charge is -2.38. The summed E-state index contributed by atoms with van der Waals surface area (Å²) in [6, 6.07) is 11.4. The van der Waals surface area contributed by atoms with Crippen molar-refractivity contribution in [2.75, 3.05) is 44.5 Å². The van der Waals surface area contributed by atoms with E-state index in [1.165, 1.54) is 0 Å². The van der Waals surface area contributed by atoms with Crippen LogP contribution in [0.3, 0.4) is 0 Å². The van der Waals surface area contributed by atoms with Gasteiger partial charge in [-0.3, -0.25) is 9.59 Å². The molecule has 2 aromatic rings. The number of anilines is 2. The van der Waals surface area contributed by atoms with Gasteiger partial charge < -0.3 is 35.0 Å². The Morgan fingerprint density at radius 3 is 2.47 bits per heavy atom. The van der Waals surface area contributed by atoms with Crippen LogP contribution in [0.15, 0.2) is 42.5 Å². The van der Waals surface area contributed by atoms with Crippen molar-refractivity contribution in [1.29, 1.82) is 0 Å². The number of likely N-dealkylation sites (N-methyl/N-ethyl adjacent to an activating group) is 1. The van der Waals surface area contributed by atoms with Crippen LogP contribution in [0.1, 0.15) is 37.0 Å². The van der Waals surface area contributed by atoms with E-state index in [-0.39, 0.29) is 42.8 Å². The Bertz CT molecular complexity index is 1170. The number of fused-ring (bicyclic) bond motifs is 1. The van der Waals surface area contributed by atoms with Crippen molar-refractivity contribution in [2.24, 2.45) is 11.8 Å². The largest absolute Gasteiger partial charge is 0.497 e. The van der Waals surface area contributed by atoms with Crippen LogP contribution < -0.4 is 20.1 Å². The molecule has 1 aliphatic carbocycles. The highest BCUT2D eigenvalue weighted by Gasteiger charge is 2.35. The fourth-order valence-electron chi connectivity index (χ4n) is 4.35. The van der Waals surface area contributed by atoms with Crippen LogP contribution in [-0.2, 0) is 4.79 Å². The highest BCUT2D eigenvalue weighted by molar-refractivity contribution is 6.00. The van der Waals surface area contributed by atoms with Crippen LogP contribution in [0.4, 0.5) is 16.2 Å². The molecule has 4 amide bonds. The van der Waals surface area contributed by atoms with Crippen molar-refractivity contribution < 1.29 is 29.0 Å². The van der Waals surface area contributed by atoms with Gasteiger partial charge in [-0.05, 0) is 62.2 Å². The molecule has 3 atom stereocenters. The molecule has 10 heteroatoms. The average molecular weight is 525 g/mol. The van der Waals surface area contributed by atoms with Gasteiger partial charge in [-0.2, -0.15) is 0 Å². The predicted octanol–water partition coefficient (Wildman–Crippen LogP) is 3.43. The molecule has 4 rings (SSSR count). The first-order valence-electron chi connectivity index (χ1n) is 12.9. The summed E-state index contributed by atoms with van der Waals surface area (Å²) in [4.78, 5) is 41.9. The van der Waals surface area contributed by atoms with Crippen LogP contribution in [0.5, 0.6) is 11.5 Å². The van der Waals surface area contributed by atoms with Gasteiger partial charge in [-0.1, -0.05) is 6.92 Å². The van der Waals surface area contributed by atoms with Crippen molar-refractivity contribution in [2.45, 2.75) is 38.8 Å². The normalized spacial score (nSPS) is 19.8. The van der Waals surface area contributed by atoms with E-state index in [1.807, 2.05) is 6.92 Å². The Balaban J connectivity index is 1.54. The number of urea groups is 1. The van der Waals surface area contributed by atoms with Gasteiger partial charge in [0.25, 0.3) is 5.91 Å². The molecule has 0 radical (unpaired) electrons. The molecule has 0 aromatic heterocycles. The molecule has 1 heterocycles. The predicted molar refractivity (Wildman–Crippen MR) is 144 cm³/mol. The summed E-state index contributed by atoms with van der Waals surface area (Å²) in [6.45, 7) is 4.14. The molecule has 1 aliphatic heterocycles. The number of aliphatic hydroxyl groups excluding tert-OH is 1. The molecule has 0 bridgehead atoms. The van der Waals surface area contributed by atoms with Gasteiger partial charge >= 0.3 is 6.03 Å². The van der Waals surface area contributed by atoms with Gasteiger partial charge in [0.1, 0.15) is 17.6 Å². The minimum absolute atomic E-state index is 0.0275. The third kappa shape index (κ3) is 6.36. The van der Waals surface area contributed by atoms with Gasteiger partial charge in [0.15, 0.2) is 0 Å². The summed E-state index contributed by atoms with van der Waals surface area (Å²) < 4.78 is 11.5. The fraction of sp³-hybridized carbons (Fsp3) is 0.464. The monoisotopic (exact) mass is 524 g/mol. The Kier molecular flexibility index (Phi) is 8.41. The van der Waals surface area contributed by atoms with Crippen molar-refractivity contribution in [3.05, 3.63) is 48.0 Å². The van der Waals surface area contributed by atoms with Crippen LogP contribution in [0.25, 0.3) is 0 Å². The molecule has 0 saturated heterocycles. The standard InChI is InChI=1S/C28H36N4O6/c1-17-14-32(18(2)16-33)27(35)23-13-21(29-26(34)19-5-6-19)9-12-24(23)38-25(17)15-31(3)28(36)30-20-7-10-22(37-4)11-8-20/h7-13,17-19,25,33H,5-6,14-16H2,1-4H3,(H,29,34)(H,30,36)/t17-,18-,25-/m0/s1. The second-order valence-electron chi connectivity index (χ2n) is 10.1. The first-order chi connectivity index (χ1) is 18.2. The minimum atomic E-state index is -0.436. The van der Waals surface area contributed by atoms with E-state index in [0.717, 1.165) is 12.8 Å². The van der Waals surface area contributed by atoms with Gasteiger partial charge in [0, 0.05) is 36.8 Å². The summed E-state index contributed by atoms with van der Waals surface area (Å²) >= 11 is 0. The number of nitrogens with one attached hydrogen (secondary N) is 2. The highest BCUT2D eigenvalue weighted by atomic mass is 16.5. The SMILES string of the molecule is COc1ccc(NC(=O)N(C)C[C@@H]2Oc3ccc(NC(=O)C4CC4)cc3C(=O)N([C@@H](C)CO)C[C@@H]2C)cc1. The van der Waals surface area contributed by atoms with E-state index >= 15 is 0 Å². The van der Waals surface area contributed by atoms with Gasteiger partial charge in [0.05, 0.1) is 31.9 Å². The van der Waals surface area contributed by atoms with E-state index in [2.05, 4.69) is 10.6 Å². The molecule has 1 fully saturated rings.